The number of ether oxygens (including phenoxy) is 1. The molecule has 0 fully saturated rings. The normalized spacial score (nSPS) is 15.3. The van der Waals surface area contributed by atoms with Crippen molar-refractivity contribution in [1.82, 2.24) is 0 Å². The van der Waals surface area contributed by atoms with Gasteiger partial charge >= 0.3 is 0 Å². The van der Waals surface area contributed by atoms with E-state index in [-0.39, 0.29) is 0 Å². The fraction of sp³-hybridized carbons (Fsp3) is 0.0196. The Morgan fingerprint density at radius 1 is 0.426 bits per heavy atom. The summed E-state index contributed by atoms with van der Waals surface area (Å²) in [5.74, 6) is 1.80. The summed E-state index contributed by atoms with van der Waals surface area (Å²) >= 11 is 1.86. The quantitative estimate of drug-likeness (QED) is 0.181. The van der Waals surface area contributed by atoms with E-state index in [0.29, 0.717) is 0 Å². The number of benzene rings is 9. The molecule has 0 radical (unpaired) electrons. The van der Waals surface area contributed by atoms with E-state index in [0.717, 1.165) is 22.9 Å². The first-order valence-corrected chi connectivity index (χ1v) is 19.3. The molecule has 0 amide bonds. The fourth-order valence-corrected chi connectivity index (χ4v) is 10.7. The van der Waals surface area contributed by atoms with Crippen molar-refractivity contribution >= 4 is 70.1 Å². The zero-order valence-corrected chi connectivity index (χ0v) is 30.0. The minimum absolute atomic E-state index is 0.613. The van der Waals surface area contributed by atoms with Crippen molar-refractivity contribution in [2.24, 2.45) is 0 Å². The van der Waals surface area contributed by atoms with E-state index >= 15 is 0 Å². The molecule has 10 aromatic rings. The molecule has 9 aromatic carbocycles. The first kappa shape index (κ1) is 29.9. The summed E-state index contributed by atoms with van der Waals surface area (Å²) in [6.45, 7) is 0. The number of rotatable bonds is 3. The van der Waals surface area contributed by atoms with Crippen LogP contribution < -0.4 is 9.64 Å². The molecule has 0 N–H and O–H groups in total. The maximum atomic E-state index is 6.84. The van der Waals surface area contributed by atoms with Gasteiger partial charge in [-0.3, -0.25) is 0 Å². The van der Waals surface area contributed by atoms with Gasteiger partial charge in [-0.25, -0.2) is 0 Å². The molecule has 252 valence electrons. The third-order valence-corrected chi connectivity index (χ3v) is 12.8. The Hall–Kier alpha value is -6.68. The van der Waals surface area contributed by atoms with Crippen LogP contribution in [0.1, 0.15) is 22.3 Å². The predicted octanol–water partition coefficient (Wildman–Crippen LogP) is 14.3. The summed E-state index contributed by atoms with van der Waals surface area (Å²) in [6, 6.07) is 69.0. The van der Waals surface area contributed by atoms with E-state index in [4.69, 9.17) is 4.74 Å². The van der Waals surface area contributed by atoms with Crippen molar-refractivity contribution < 1.29 is 4.74 Å². The highest BCUT2D eigenvalue weighted by atomic mass is 32.1. The van der Waals surface area contributed by atoms with Gasteiger partial charge in [-0.2, -0.15) is 0 Å². The van der Waals surface area contributed by atoms with Gasteiger partial charge in [-0.15, -0.1) is 11.3 Å². The van der Waals surface area contributed by atoms with Gasteiger partial charge in [0.1, 0.15) is 11.5 Å². The first-order chi connectivity index (χ1) is 26.8. The molecular weight excluding hydrogens is 675 g/mol. The Morgan fingerprint density at radius 3 is 1.98 bits per heavy atom. The number of hydrogen-bond acceptors (Lipinski definition) is 3. The van der Waals surface area contributed by atoms with E-state index in [2.05, 4.69) is 193 Å². The van der Waals surface area contributed by atoms with Gasteiger partial charge in [0.05, 0.1) is 16.8 Å². The zero-order chi connectivity index (χ0) is 35.4. The third-order valence-electron chi connectivity index (χ3n) is 11.7. The monoisotopic (exact) mass is 705 g/mol. The van der Waals surface area contributed by atoms with Crippen LogP contribution in [0.4, 0.5) is 17.1 Å². The lowest BCUT2D eigenvalue weighted by molar-refractivity contribution is 0.438. The van der Waals surface area contributed by atoms with E-state index < -0.39 is 5.41 Å². The van der Waals surface area contributed by atoms with Crippen LogP contribution in [-0.4, -0.2) is 0 Å². The van der Waals surface area contributed by atoms with Crippen molar-refractivity contribution in [3.63, 3.8) is 0 Å². The summed E-state index contributed by atoms with van der Waals surface area (Å²) in [6.07, 6.45) is 0. The molecule has 1 unspecified atom stereocenters. The molecule has 0 saturated carbocycles. The van der Waals surface area contributed by atoms with Gasteiger partial charge in [0, 0.05) is 42.4 Å². The van der Waals surface area contributed by atoms with Crippen molar-refractivity contribution in [2.45, 2.75) is 5.41 Å². The molecule has 2 aliphatic rings. The second-order valence-electron chi connectivity index (χ2n) is 14.4. The van der Waals surface area contributed by atoms with E-state index in [9.17, 15) is 0 Å². The van der Waals surface area contributed by atoms with Crippen LogP contribution in [0.15, 0.2) is 188 Å². The molecule has 12 rings (SSSR count). The number of anilines is 3. The third kappa shape index (κ3) is 3.94. The van der Waals surface area contributed by atoms with Crippen molar-refractivity contribution in [1.29, 1.82) is 0 Å². The molecule has 3 heteroatoms. The van der Waals surface area contributed by atoms with Gasteiger partial charge < -0.3 is 9.64 Å². The summed E-state index contributed by atoms with van der Waals surface area (Å²) < 4.78 is 9.41. The number of hydrogen-bond donors (Lipinski definition) is 0. The standard InChI is InChI=1S/C51H31NOS/c1-3-16-35-32(13-1)15-11-22-43(35)52(44-23-12-26-48-49(44)39-19-6-10-25-47(39)54-48)34-28-29-38-37-18-5-7-20-40(37)51(42(38)31-34)41-21-8-9-24-45(41)53-46-30-27-33-14-2-4-17-36(33)50(46)51/h1-31H. The molecule has 2 nitrogen and oxygen atoms in total. The summed E-state index contributed by atoms with van der Waals surface area (Å²) in [4.78, 5) is 2.51. The van der Waals surface area contributed by atoms with Crippen molar-refractivity contribution in [2.75, 3.05) is 4.90 Å². The second-order valence-corrected chi connectivity index (χ2v) is 15.4. The Kier molecular flexibility index (Phi) is 6.17. The van der Waals surface area contributed by atoms with Gasteiger partial charge in [-0.1, -0.05) is 140 Å². The lowest BCUT2D eigenvalue weighted by Crippen LogP contribution is -2.32. The smallest absolute Gasteiger partial charge is 0.132 e. The average molecular weight is 706 g/mol. The lowest BCUT2D eigenvalue weighted by atomic mass is 9.65. The van der Waals surface area contributed by atoms with Crippen LogP contribution >= 0.6 is 11.3 Å². The zero-order valence-electron chi connectivity index (χ0n) is 29.2. The SMILES string of the molecule is c1ccc2c(c1)Oc1ccc3ccccc3c1C21c2ccccc2-c2ccc(N(c3cccc4ccccc34)c3cccc4sc5ccccc5c34)cc21. The van der Waals surface area contributed by atoms with Gasteiger partial charge in [-0.05, 0) is 86.9 Å². The fourth-order valence-electron chi connectivity index (χ4n) is 9.56. The number of nitrogens with zero attached hydrogens (tertiary/aromatic N) is 1. The molecule has 1 aromatic heterocycles. The number of para-hydroxylation sites is 1. The summed E-state index contributed by atoms with van der Waals surface area (Å²) in [5.41, 5.74) is 10.3. The lowest BCUT2D eigenvalue weighted by Gasteiger charge is -2.40. The number of thiophene rings is 1. The van der Waals surface area contributed by atoms with Crippen molar-refractivity contribution in [3.8, 4) is 22.6 Å². The predicted molar refractivity (Wildman–Crippen MR) is 226 cm³/mol. The summed E-state index contributed by atoms with van der Waals surface area (Å²) in [5, 5.41) is 7.39. The molecule has 0 saturated heterocycles. The molecular formula is C51H31NOS. The van der Waals surface area contributed by atoms with E-state index in [1.807, 2.05) is 11.3 Å². The highest BCUT2D eigenvalue weighted by Gasteiger charge is 2.52. The van der Waals surface area contributed by atoms with Gasteiger partial charge in [0.25, 0.3) is 0 Å². The minimum atomic E-state index is -0.613. The van der Waals surface area contributed by atoms with Crippen LogP contribution in [0.25, 0.3) is 52.8 Å². The van der Waals surface area contributed by atoms with Crippen LogP contribution in [0.2, 0.25) is 0 Å². The second kappa shape index (κ2) is 11.2. The average Bonchev–Trinajstić information content (AvgIpc) is 3.75. The molecule has 1 spiro atoms. The molecule has 1 aliphatic carbocycles. The van der Waals surface area contributed by atoms with Gasteiger partial charge in [0.15, 0.2) is 0 Å². The summed E-state index contributed by atoms with van der Waals surface area (Å²) in [7, 11) is 0. The van der Waals surface area contributed by atoms with Crippen LogP contribution in [-0.2, 0) is 5.41 Å². The largest absolute Gasteiger partial charge is 0.457 e. The van der Waals surface area contributed by atoms with Gasteiger partial charge in [0.2, 0.25) is 0 Å². The maximum Gasteiger partial charge on any atom is 0.132 e. The van der Waals surface area contributed by atoms with Crippen LogP contribution in [0, 0.1) is 0 Å². The Balaban J connectivity index is 1.23. The Morgan fingerprint density at radius 2 is 1.07 bits per heavy atom. The molecule has 1 aliphatic heterocycles. The minimum Gasteiger partial charge on any atom is -0.457 e. The Bertz CT molecular complexity index is 3170. The highest BCUT2D eigenvalue weighted by molar-refractivity contribution is 7.26. The van der Waals surface area contributed by atoms with E-state index in [1.54, 1.807) is 0 Å². The van der Waals surface area contributed by atoms with E-state index in [1.165, 1.54) is 80.8 Å². The Labute approximate surface area is 316 Å². The molecule has 0 bridgehead atoms. The van der Waals surface area contributed by atoms with Crippen molar-refractivity contribution in [3.05, 3.63) is 210 Å². The topological polar surface area (TPSA) is 12.5 Å². The first-order valence-electron chi connectivity index (χ1n) is 18.5. The number of fused-ring (bicyclic) bond motifs is 15. The highest BCUT2D eigenvalue weighted by Crippen LogP contribution is 2.64. The molecule has 2 heterocycles. The van der Waals surface area contributed by atoms with Crippen LogP contribution in [0.3, 0.4) is 0 Å². The molecule has 54 heavy (non-hydrogen) atoms. The maximum absolute atomic E-state index is 6.84. The molecule has 1 atom stereocenters. The van der Waals surface area contributed by atoms with Crippen LogP contribution in [0.5, 0.6) is 11.5 Å².